The summed E-state index contributed by atoms with van der Waals surface area (Å²) in [5.41, 5.74) is 10.0. The van der Waals surface area contributed by atoms with Crippen molar-refractivity contribution in [2.75, 3.05) is 11.5 Å². The van der Waals surface area contributed by atoms with Gasteiger partial charge in [0.25, 0.3) is 0 Å². The van der Waals surface area contributed by atoms with Crippen molar-refractivity contribution in [2.45, 2.75) is 11.6 Å². The number of benzene rings is 4. The van der Waals surface area contributed by atoms with Gasteiger partial charge in [-0.05, 0) is 77.4 Å². The lowest BCUT2D eigenvalue weighted by Gasteiger charge is -2.37. The highest BCUT2D eigenvalue weighted by molar-refractivity contribution is 9.10. The maximum Gasteiger partial charge on any atom is 0.406 e. The van der Waals surface area contributed by atoms with E-state index in [1.165, 1.54) is 72.8 Å². The van der Waals surface area contributed by atoms with E-state index in [9.17, 15) is 0 Å². The van der Waals surface area contributed by atoms with Crippen molar-refractivity contribution in [3.05, 3.63) is 118 Å². The van der Waals surface area contributed by atoms with Crippen LogP contribution in [0.3, 0.4) is 0 Å². The normalized spacial score (nSPS) is 11.9. The molecule has 0 unspecified atom stereocenters. The molecule has 0 spiro atoms. The molecule has 0 fully saturated rings. The maximum atomic E-state index is 15.0. The standard InChI is InChI=1S/C26H20BrF3N2O/c27-20-7-15-24(16-8-20)33-23-13-5-19(6-14-23)25(26(28,29)30,17-1-9-21(31)10-2-17)18-3-11-22(32)12-4-18/h1-16H,31-32H2. The van der Waals surface area contributed by atoms with Crippen LogP contribution in [0, 0.1) is 0 Å². The van der Waals surface area contributed by atoms with Crippen LogP contribution in [0.25, 0.3) is 0 Å². The molecule has 3 nitrogen and oxygen atoms in total. The molecule has 0 aliphatic heterocycles. The monoisotopic (exact) mass is 512 g/mol. The average Bonchev–Trinajstić information content (AvgIpc) is 2.78. The summed E-state index contributed by atoms with van der Waals surface area (Å²) in [4.78, 5) is 0. The van der Waals surface area contributed by atoms with Gasteiger partial charge in [-0.1, -0.05) is 52.3 Å². The molecular weight excluding hydrogens is 493 g/mol. The molecule has 0 aromatic heterocycles. The third-order valence-corrected chi connectivity index (χ3v) is 5.98. The van der Waals surface area contributed by atoms with Crippen molar-refractivity contribution < 1.29 is 17.9 Å². The number of alkyl halides is 3. The van der Waals surface area contributed by atoms with E-state index in [-0.39, 0.29) is 16.7 Å². The van der Waals surface area contributed by atoms with Gasteiger partial charge in [0.15, 0.2) is 0 Å². The van der Waals surface area contributed by atoms with Crippen LogP contribution in [0.5, 0.6) is 11.5 Å². The largest absolute Gasteiger partial charge is 0.457 e. The van der Waals surface area contributed by atoms with Crippen LogP contribution in [-0.4, -0.2) is 6.18 Å². The first-order valence-electron chi connectivity index (χ1n) is 10.0. The third kappa shape index (κ3) is 4.41. The molecule has 0 amide bonds. The van der Waals surface area contributed by atoms with Gasteiger partial charge in [0, 0.05) is 15.8 Å². The topological polar surface area (TPSA) is 61.3 Å². The van der Waals surface area contributed by atoms with E-state index in [2.05, 4.69) is 15.9 Å². The van der Waals surface area contributed by atoms with Crippen molar-refractivity contribution in [3.63, 3.8) is 0 Å². The molecule has 0 aliphatic carbocycles. The van der Waals surface area contributed by atoms with Crippen LogP contribution in [0.15, 0.2) is 102 Å². The fourth-order valence-corrected chi connectivity index (χ4v) is 4.13. The Balaban J connectivity index is 1.86. The molecule has 4 aromatic carbocycles. The van der Waals surface area contributed by atoms with Gasteiger partial charge in [0.2, 0.25) is 0 Å². The molecule has 4 N–H and O–H groups in total. The number of hydrogen-bond donors (Lipinski definition) is 2. The van der Waals surface area contributed by atoms with Gasteiger partial charge in [0.05, 0.1) is 0 Å². The summed E-state index contributed by atoms with van der Waals surface area (Å²) in [5, 5.41) is 0. The van der Waals surface area contributed by atoms with E-state index in [0.717, 1.165) is 4.47 Å². The highest BCUT2D eigenvalue weighted by Gasteiger charge is 2.58. The van der Waals surface area contributed by atoms with Gasteiger partial charge in [0.1, 0.15) is 16.9 Å². The Bertz CT molecular complexity index is 1180. The molecular formula is C26H20BrF3N2O. The molecule has 0 saturated heterocycles. The predicted octanol–water partition coefficient (Wildman–Crippen LogP) is 7.30. The molecule has 0 aliphatic rings. The van der Waals surface area contributed by atoms with E-state index in [0.29, 0.717) is 22.9 Å². The second-order valence-electron chi connectivity index (χ2n) is 7.57. The lowest BCUT2D eigenvalue weighted by atomic mass is 9.68. The Morgan fingerprint density at radius 2 is 0.879 bits per heavy atom. The zero-order chi connectivity index (χ0) is 23.6. The summed E-state index contributed by atoms with van der Waals surface area (Å²) in [7, 11) is 0. The fraction of sp³-hybridized carbons (Fsp3) is 0.0769. The molecule has 4 aromatic rings. The van der Waals surface area contributed by atoms with Crippen molar-refractivity contribution in [2.24, 2.45) is 0 Å². The first-order chi connectivity index (χ1) is 15.7. The minimum Gasteiger partial charge on any atom is -0.457 e. The van der Waals surface area contributed by atoms with Crippen LogP contribution in [0.2, 0.25) is 0 Å². The minimum atomic E-state index is -4.66. The molecule has 7 heteroatoms. The van der Waals surface area contributed by atoms with Crippen LogP contribution in [0.1, 0.15) is 16.7 Å². The smallest absolute Gasteiger partial charge is 0.406 e. The van der Waals surface area contributed by atoms with Crippen LogP contribution in [-0.2, 0) is 5.41 Å². The van der Waals surface area contributed by atoms with Gasteiger partial charge in [-0.15, -0.1) is 0 Å². The first-order valence-corrected chi connectivity index (χ1v) is 10.8. The number of halogens is 4. The maximum absolute atomic E-state index is 15.0. The average molecular weight is 513 g/mol. The van der Waals surface area contributed by atoms with E-state index in [1.54, 1.807) is 12.1 Å². The van der Waals surface area contributed by atoms with Gasteiger partial charge < -0.3 is 16.2 Å². The number of nitrogen functional groups attached to an aromatic ring is 2. The Hall–Kier alpha value is -3.45. The molecule has 33 heavy (non-hydrogen) atoms. The summed E-state index contributed by atoms with van der Waals surface area (Å²) < 4.78 is 51.8. The Labute approximate surface area is 197 Å². The Morgan fingerprint density at radius 3 is 1.24 bits per heavy atom. The van der Waals surface area contributed by atoms with Gasteiger partial charge in [-0.25, -0.2) is 0 Å². The highest BCUT2D eigenvalue weighted by atomic mass is 79.9. The van der Waals surface area contributed by atoms with Gasteiger partial charge in [-0.3, -0.25) is 0 Å². The van der Waals surface area contributed by atoms with Crippen LogP contribution < -0.4 is 16.2 Å². The van der Waals surface area contributed by atoms with Gasteiger partial charge in [-0.2, -0.15) is 13.2 Å². The second kappa shape index (κ2) is 8.83. The van der Waals surface area contributed by atoms with Crippen LogP contribution >= 0.6 is 15.9 Å². The van der Waals surface area contributed by atoms with E-state index in [1.807, 2.05) is 12.1 Å². The molecule has 0 radical (unpaired) electrons. The number of nitrogens with two attached hydrogens (primary N) is 2. The Morgan fingerprint density at radius 1 is 0.545 bits per heavy atom. The molecule has 0 saturated carbocycles. The van der Waals surface area contributed by atoms with Crippen molar-refractivity contribution in [3.8, 4) is 11.5 Å². The molecule has 0 atom stereocenters. The number of rotatable bonds is 5. The quantitative estimate of drug-likeness (QED) is 0.218. The molecule has 168 valence electrons. The number of ether oxygens (including phenoxy) is 1. The second-order valence-corrected chi connectivity index (χ2v) is 8.49. The van der Waals surface area contributed by atoms with Gasteiger partial charge >= 0.3 is 6.18 Å². The zero-order valence-corrected chi connectivity index (χ0v) is 18.9. The van der Waals surface area contributed by atoms with Crippen molar-refractivity contribution >= 4 is 27.3 Å². The van der Waals surface area contributed by atoms with Crippen molar-refractivity contribution in [1.82, 2.24) is 0 Å². The third-order valence-electron chi connectivity index (χ3n) is 5.45. The Kier molecular flexibility index (Phi) is 6.08. The number of hydrogen-bond acceptors (Lipinski definition) is 3. The summed E-state index contributed by atoms with van der Waals surface area (Å²) in [6.45, 7) is 0. The summed E-state index contributed by atoms with van der Waals surface area (Å²) in [6, 6.07) is 24.6. The highest BCUT2D eigenvalue weighted by Crippen LogP contribution is 2.51. The summed E-state index contributed by atoms with van der Waals surface area (Å²) >= 11 is 3.36. The molecule has 0 bridgehead atoms. The lowest BCUT2D eigenvalue weighted by Crippen LogP contribution is -2.44. The SMILES string of the molecule is Nc1ccc(C(c2ccc(N)cc2)(c2ccc(Oc3ccc(Br)cc3)cc2)C(F)(F)F)cc1. The van der Waals surface area contributed by atoms with Crippen LogP contribution in [0.4, 0.5) is 24.5 Å². The summed E-state index contributed by atoms with van der Waals surface area (Å²) in [5.74, 6) is 0.997. The molecule has 4 rings (SSSR count). The fourth-order valence-electron chi connectivity index (χ4n) is 3.87. The first kappa shape index (κ1) is 22.7. The van der Waals surface area contributed by atoms with E-state index >= 15 is 13.2 Å². The van der Waals surface area contributed by atoms with E-state index < -0.39 is 11.6 Å². The number of anilines is 2. The van der Waals surface area contributed by atoms with E-state index in [4.69, 9.17) is 16.2 Å². The van der Waals surface area contributed by atoms with Crippen molar-refractivity contribution in [1.29, 1.82) is 0 Å². The predicted molar refractivity (Wildman–Crippen MR) is 128 cm³/mol. The summed E-state index contributed by atoms with van der Waals surface area (Å²) in [6.07, 6.45) is -4.66. The lowest BCUT2D eigenvalue weighted by molar-refractivity contribution is -0.166. The minimum absolute atomic E-state index is 0.0488. The zero-order valence-electron chi connectivity index (χ0n) is 17.3. The molecule has 0 heterocycles.